The molecule has 15 heavy (non-hydrogen) atoms. The number of rotatable bonds is 2. The maximum Gasteiger partial charge on any atom is 0.170 e. The quantitative estimate of drug-likeness (QED) is 0.818. The lowest BCUT2D eigenvalue weighted by atomic mass is 10.3. The Labute approximate surface area is 102 Å². The van der Waals surface area contributed by atoms with Gasteiger partial charge in [-0.1, -0.05) is 0 Å². The van der Waals surface area contributed by atoms with Crippen molar-refractivity contribution in [3.8, 4) is 0 Å². The summed E-state index contributed by atoms with van der Waals surface area (Å²) in [4.78, 5) is 0. The summed E-state index contributed by atoms with van der Waals surface area (Å²) < 4.78 is 13.3. The summed E-state index contributed by atoms with van der Waals surface area (Å²) >= 11 is 8.17. The Morgan fingerprint density at radius 3 is 2.67 bits per heavy atom. The molecule has 5 heteroatoms. The molecule has 0 bridgehead atoms. The van der Waals surface area contributed by atoms with E-state index < -0.39 is 0 Å². The number of hydrogen-bond acceptors (Lipinski definition) is 1. The fourth-order valence-corrected chi connectivity index (χ4v) is 1.74. The molecular weight excluding hydrogens is 279 g/mol. The maximum absolute atomic E-state index is 12.9. The van der Waals surface area contributed by atoms with Crippen molar-refractivity contribution in [3.63, 3.8) is 0 Å². The molecule has 1 aromatic carbocycles. The summed E-state index contributed by atoms with van der Waals surface area (Å²) in [5.74, 6) is -0.289. The molecule has 0 heterocycles. The van der Waals surface area contributed by atoms with Gasteiger partial charge in [0, 0.05) is 11.7 Å². The normalized spacial score (nSPS) is 10.2. The Morgan fingerprint density at radius 2 is 2.13 bits per heavy atom. The van der Waals surface area contributed by atoms with Gasteiger partial charge in [0.2, 0.25) is 0 Å². The molecule has 0 atom stereocenters. The van der Waals surface area contributed by atoms with Gasteiger partial charge in [0.05, 0.1) is 4.47 Å². The van der Waals surface area contributed by atoms with Gasteiger partial charge in [-0.25, -0.2) is 4.39 Å². The summed E-state index contributed by atoms with van der Waals surface area (Å²) in [6, 6.07) is 4.93. The SMILES string of the molecule is CC(C)NC(=S)Nc1ccc(F)c(Br)c1. The Bertz CT molecular complexity index is 368. The molecule has 0 aliphatic carbocycles. The maximum atomic E-state index is 12.9. The van der Waals surface area contributed by atoms with Gasteiger partial charge in [-0.3, -0.25) is 0 Å². The molecule has 0 fully saturated rings. The standard InChI is InChI=1S/C10H12BrFN2S/c1-6(2)13-10(15)14-7-3-4-9(12)8(11)5-7/h3-6H,1-2H3,(H2,13,14,15). The Kier molecular flexibility index (Phi) is 4.47. The van der Waals surface area contributed by atoms with Crippen LogP contribution >= 0.6 is 28.1 Å². The highest BCUT2D eigenvalue weighted by atomic mass is 79.9. The average Bonchev–Trinajstić information content (AvgIpc) is 2.10. The lowest BCUT2D eigenvalue weighted by Gasteiger charge is -2.13. The number of thiocarbonyl (C=S) groups is 1. The highest BCUT2D eigenvalue weighted by Crippen LogP contribution is 2.19. The molecule has 0 aromatic heterocycles. The van der Waals surface area contributed by atoms with Crippen molar-refractivity contribution in [2.45, 2.75) is 19.9 Å². The fraction of sp³-hybridized carbons (Fsp3) is 0.300. The molecule has 0 spiro atoms. The summed E-state index contributed by atoms with van der Waals surface area (Å²) in [5.41, 5.74) is 0.751. The van der Waals surface area contributed by atoms with Crippen LogP contribution in [0, 0.1) is 5.82 Å². The second-order valence-electron chi connectivity index (χ2n) is 3.38. The van der Waals surface area contributed by atoms with Gasteiger partial charge >= 0.3 is 0 Å². The first kappa shape index (κ1) is 12.4. The van der Waals surface area contributed by atoms with Crippen LogP contribution in [0.1, 0.15) is 13.8 Å². The molecule has 0 aliphatic heterocycles. The fourth-order valence-electron chi connectivity index (χ4n) is 1.00. The van der Waals surface area contributed by atoms with Crippen molar-refractivity contribution < 1.29 is 4.39 Å². The van der Waals surface area contributed by atoms with E-state index in [0.29, 0.717) is 9.59 Å². The van der Waals surface area contributed by atoms with Crippen LogP contribution in [0.4, 0.5) is 10.1 Å². The molecule has 0 amide bonds. The van der Waals surface area contributed by atoms with E-state index in [2.05, 4.69) is 26.6 Å². The van der Waals surface area contributed by atoms with Gasteiger partial charge in [0.1, 0.15) is 5.82 Å². The first-order valence-electron chi connectivity index (χ1n) is 4.51. The zero-order valence-corrected chi connectivity index (χ0v) is 10.9. The summed E-state index contributed by atoms with van der Waals surface area (Å²) in [7, 11) is 0. The molecular formula is C10H12BrFN2S. The molecule has 0 saturated heterocycles. The highest BCUT2D eigenvalue weighted by Gasteiger charge is 2.02. The van der Waals surface area contributed by atoms with Crippen molar-refractivity contribution in [2.24, 2.45) is 0 Å². The first-order chi connectivity index (χ1) is 6.99. The van der Waals surface area contributed by atoms with Gasteiger partial charge in [-0.05, 0) is 60.2 Å². The van der Waals surface area contributed by atoms with Gasteiger partial charge in [-0.15, -0.1) is 0 Å². The van der Waals surface area contributed by atoms with Crippen molar-refractivity contribution >= 4 is 38.9 Å². The van der Waals surface area contributed by atoms with E-state index in [1.807, 2.05) is 13.8 Å². The number of anilines is 1. The predicted molar refractivity (Wildman–Crippen MR) is 68.6 cm³/mol. The largest absolute Gasteiger partial charge is 0.360 e. The number of hydrogen-bond donors (Lipinski definition) is 2. The smallest absolute Gasteiger partial charge is 0.170 e. The molecule has 2 N–H and O–H groups in total. The Hall–Kier alpha value is -0.680. The average molecular weight is 291 g/mol. The minimum atomic E-state index is -0.289. The first-order valence-corrected chi connectivity index (χ1v) is 5.71. The van der Waals surface area contributed by atoms with Gasteiger partial charge < -0.3 is 10.6 Å². The minimum absolute atomic E-state index is 0.272. The van der Waals surface area contributed by atoms with Crippen LogP contribution in [-0.4, -0.2) is 11.2 Å². The molecule has 1 rings (SSSR count). The number of halogens is 2. The van der Waals surface area contributed by atoms with Crippen LogP contribution in [0.15, 0.2) is 22.7 Å². The molecule has 0 saturated carbocycles. The van der Waals surface area contributed by atoms with E-state index in [1.54, 1.807) is 12.1 Å². The summed E-state index contributed by atoms with van der Waals surface area (Å²) in [5, 5.41) is 6.53. The third-order valence-electron chi connectivity index (χ3n) is 1.60. The van der Waals surface area contributed by atoms with Gasteiger partial charge in [-0.2, -0.15) is 0 Å². The van der Waals surface area contributed by atoms with Crippen LogP contribution in [-0.2, 0) is 0 Å². The van der Waals surface area contributed by atoms with Gasteiger partial charge in [0.25, 0.3) is 0 Å². The Morgan fingerprint density at radius 1 is 1.47 bits per heavy atom. The van der Waals surface area contributed by atoms with E-state index in [9.17, 15) is 4.39 Å². The number of benzene rings is 1. The molecule has 82 valence electrons. The molecule has 0 unspecified atom stereocenters. The second-order valence-corrected chi connectivity index (χ2v) is 4.64. The van der Waals surface area contributed by atoms with Crippen LogP contribution in [0.2, 0.25) is 0 Å². The van der Waals surface area contributed by atoms with E-state index in [0.717, 1.165) is 5.69 Å². The molecule has 1 aromatic rings. The highest BCUT2D eigenvalue weighted by molar-refractivity contribution is 9.10. The van der Waals surface area contributed by atoms with E-state index >= 15 is 0 Å². The van der Waals surface area contributed by atoms with Gasteiger partial charge in [0.15, 0.2) is 5.11 Å². The van der Waals surface area contributed by atoms with Crippen LogP contribution in [0.5, 0.6) is 0 Å². The Balaban J connectivity index is 2.65. The topological polar surface area (TPSA) is 24.1 Å². The zero-order chi connectivity index (χ0) is 11.4. The summed E-state index contributed by atoms with van der Waals surface area (Å²) in [6.45, 7) is 3.99. The second kappa shape index (κ2) is 5.42. The third-order valence-corrected chi connectivity index (χ3v) is 2.42. The van der Waals surface area contributed by atoms with E-state index in [-0.39, 0.29) is 11.9 Å². The van der Waals surface area contributed by atoms with Crippen molar-refractivity contribution in [2.75, 3.05) is 5.32 Å². The molecule has 2 nitrogen and oxygen atoms in total. The molecule has 0 aliphatic rings. The van der Waals surface area contributed by atoms with Crippen molar-refractivity contribution in [1.82, 2.24) is 5.32 Å². The van der Waals surface area contributed by atoms with Crippen molar-refractivity contribution in [1.29, 1.82) is 0 Å². The van der Waals surface area contributed by atoms with Crippen LogP contribution in [0.3, 0.4) is 0 Å². The van der Waals surface area contributed by atoms with E-state index in [4.69, 9.17) is 12.2 Å². The van der Waals surface area contributed by atoms with Crippen molar-refractivity contribution in [3.05, 3.63) is 28.5 Å². The minimum Gasteiger partial charge on any atom is -0.360 e. The number of nitrogens with one attached hydrogen (secondary N) is 2. The molecule has 0 radical (unpaired) electrons. The lowest BCUT2D eigenvalue weighted by Crippen LogP contribution is -2.33. The third kappa shape index (κ3) is 4.13. The predicted octanol–water partition coefficient (Wildman–Crippen LogP) is 3.28. The lowest BCUT2D eigenvalue weighted by molar-refractivity contribution is 0.621. The summed E-state index contributed by atoms with van der Waals surface area (Å²) in [6.07, 6.45) is 0. The van der Waals surface area contributed by atoms with E-state index in [1.165, 1.54) is 6.07 Å². The van der Waals surface area contributed by atoms with Crippen LogP contribution < -0.4 is 10.6 Å². The zero-order valence-electron chi connectivity index (χ0n) is 8.47. The monoisotopic (exact) mass is 290 g/mol. The van der Waals surface area contributed by atoms with Crippen LogP contribution in [0.25, 0.3) is 0 Å².